The van der Waals surface area contributed by atoms with Gasteiger partial charge < -0.3 is 14.0 Å². The molecule has 1 aliphatic rings. The Morgan fingerprint density at radius 2 is 1.71 bits per heavy atom. The summed E-state index contributed by atoms with van der Waals surface area (Å²) >= 11 is 0. The van der Waals surface area contributed by atoms with Crippen molar-refractivity contribution in [1.82, 2.24) is 4.98 Å². The SMILES string of the molecule is CC1(C)OB(c2ccc(OCC(F)(F)F)nc2)OC1(C)C. The molecule has 0 saturated carbocycles. The molecule has 116 valence electrons. The number of hydrogen-bond acceptors (Lipinski definition) is 4. The molecule has 2 rings (SSSR count). The van der Waals surface area contributed by atoms with Crippen LogP contribution in [0.4, 0.5) is 13.2 Å². The summed E-state index contributed by atoms with van der Waals surface area (Å²) in [6, 6.07) is 2.95. The summed E-state index contributed by atoms with van der Waals surface area (Å²) in [7, 11) is -0.598. The molecule has 4 nitrogen and oxygen atoms in total. The molecule has 8 heteroatoms. The molecule has 1 aromatic rings. The maximum Gasteiger partial charge on any atom is 0.496 e. The topological polar surface area (TPSA) is 40.6 Å². The predicted octanol–water partition coefficient (Wildman–Crippen LogP) is 2.32. The van der Waals surface area contributed by atoms with Crippen LogP contribution in [0.5, 0.6) is 5.88 Å². The second-order valence-corrected chi connectivity index (χ2v) is 5.92. The lowest BCUT2D eigenvalue weighted by Gasteiger charge is -2.32. The maximum atomic E-state index is 12.0. The number of alkyl halides is 3. The van der Waals surface area contributed by atoms with Crippen molar-refractivity contribution in [3.05, 3.63) is 18.3 Å². The Kier molecular flexibility index (Phi) is 3.97. The van der Waals surface area contributed by atoms with Crippen molar-refractivity contribution in [3.8, 4) is 5.88 Å². The zero-order valence-electron chi connectivity index (χ0n) is 12.3. The maximum absolute atomic E-state index is 12.0. The van der Waals surface area contributed by atoms with Crippen molar-refractivity contribution >= 4 is 12.6 Å². The van der Waals surface area contributed by atoms with Crippen molar-refractivity contribution in [2.45, 2.75) is 45.1 Å². The van der Waals surface area contributed by atoms with Gasteiger partial charge >= 0.3 is 13.3 Å². The van der Waals surface area contributed by atoms with Gasteiger partial charge in [-0.3, -0.25) is 0 Å². The van der Waals surface area contributed by atoms with Gasteiger partial charge in [-0.15, -0.1) is 0 Å². The third-order valence-corrected chi connectivity index (χ3v) is 3.67. The lowest BCUT2D eigenvalue weighted by molar-refractivity contribution is -0.154. The fraction of sp³-hybridized carbons (Fsp3) is 0.615. The quantitative estimate of drug-likeness (QED) is 0.804. The first-order chi connectivity index (χ1) is 9.50. The summed E-state index contributed by atoms with van der Waals surface area (Å²) in [6.45, 7) is 6.31. The molecule has 0 aromatic carbocycles. The summed E-state index contributed by atoms with van der Waals surface area (Å²) in [6.07, 6.45) is -2.99. The summed E-state index contributed by atoms with van der Waals surface area (Å²) in [5, 5.41) is 0. The number of aromatic nitrogens is 1. The highest BCUT2D eigenvalue weighted by Gasteiger charge is 2.51. The van der Waals surface area contributed by atoms with Crippen molar-refractivity contribution in [2.24, 2.45) is 0 Å². The van der Waals surface area contributed by atoms with E-state index in [-0.39, 0.29) is 5.88 Å². The predicted molar refractivity (Wildman–Crippen MR) is 71.5 cm³/mol. The molecule has 0 atom stereocenters. The van der Waals surface area contributed by atoms with Crippen LogP contribution >= 0.6 is 0 Å². The number of hydrogen-bond donors (Lipinski definition) is 0. The van der Waals surface area contributed by atoms with E-state index < -0.39 is 31.1 Å². The van der Waals surface area contributed by atoms with Gasteiger partial charge in [0.25, 0.3) is 0 Å². The number of halogens is 3. The Morgan fingerprint density at radius 1 is 1.14 bits per heavy atom. The molecule has 21 heavy (non-hydrogen) atoms. The molecule has 1 aromatic heterocycles. The standard InChI is InChI=1S/C13H17BF3NO3/c1-11(2)12(3,4)21-14(20-11)9-5-6-10(18-7-9)19-8-13(15,16)17/h5-7H,8H2,1-4H3. The zero-order chi connectivity index (χ0) is 15.9. The number of rotatable bonds is 3. The molecule has 1 aliphatic heterocycles. The molecule has 0 amide bonds. The van der Waals surface area contributed by atoms with Crippen LogP contribution in [0, 0.1) is 0 Å². The molecular formula is C13H17BF3NO3. The van der Waals surface area contributed by atoms with E-state index in [2.05, 4.69) is 9.72 Å². The van der Waals surface area contributed by atoms with Gasteiger partial charge in [0, 0.05) is 11.7 Å². The Hall–Kier alpha value is -1.28. The molecule has 2 heterocycles. The van der Waals surface area contributed by atoms with Crippen LogP contribution in [-0.2, 0) is 9.31 Å². The first-order valence-electron chi connectivity index (χ1n) is 6.51. The van der Waals surface area contributed by atoms with Gasteiger partial charge in [-0.2, -0.15) is 13.2 Å². The minimum absolute atomic E-state index is 0.0902. The monoisotopic (exact) mass is 303 g/mol. The van der Waals surface area contributed by atoms with E-state index in [1.165, 1.54) is 12.3 Å². The summed E-state index contributed by atoms with van der Waals surface area (Å²) in [5.41, 5.74) is -0.334. The minimum Gasteiger partial charge on any atom is -0.468 e. The smallest absolute Gasteiger partial charge is 0.468 e. The molecule has 0 aliphatic carbocycles. The molecule has 1 saturated heterocycles. The Labute approximate surface area is 121 Å². The number of pyridine rings is 1. The van der Waals surface area contributed by atoms with Crippen LogP contribution in [0.1, 0.15) is 27.7 Å². The van der Waals surface area contributed by atoms with Gasteiger partial charge in [0.2, 0.25) is 5.88 Å². The van der Waals surface area contributed by atoms with Crippen molar-refractivity contribution in [2.75, 3.05) is 6.61 Å². The van der Waals surface area contributed by atoms with Gasteiger partial charge in [0.15, 0.2) is 6.61 Å². The third kappa shape index (κ3) is 3.68. The molecule has 0 radical (unpaired) electrons. The fourth-order valence-corrected chi connectivity index (χ4v) is 1.75. The Bertz CT molecular complexity index is 486. The van der Waals surface area contributed by atoms with Crippen LogP contribution in [0.3, 0.4) is 0 Å². The summed E-state index contributed by atoms with van der Waals surface area (Å²) < 4.78 is 52.3. The van der Waals surface area contributed by atoms with Gasteiger partial charge in [-0.25, -0.2) is 4.98 Å². The highest BCUT2D eigenvalue weighted by atomic mass is 19.4. The molecule has 0 unspecified atom stereocenters. The van der Waals surface area contributed by atoms with E-state index in [1.54, 1.807) is 6.07 Å². The first kappa shape index (κ1) is 16.1. The van der Waals surface area contributed by atoms with Crippen LogP contribution in [0.15, 0.2) is 18.3 Å². The van der Waals surface area contributed by atoms with E-state index in [0.29, 0.717) is 5.46 Å². The average molecular weight is 303 g/mol. The number of ether oxygens (including phenoxy) is 1. The van der Waals surface area contributed by atoms with Crippen LogP contribution in [-0.4, -0.2) is 36.1 Å². The zero-order valence-corrected chi connectivity index (χ0v) is 12.3. The molecule has 1 fully saturated rings. The largest absolute Gasteiger partial charge is 0.496 e. The van der Waals surface area contributed by atoms with Crippen molar-refractivity contribution in [3.63, 3.8) is 0 Å². The number of nitrogens with zero attached hydrogens (tertiary/aromatic N) is 1. The van der Waals surface area contributed by atoms with E-state index in [9.17, 15) is 13.2 Å². The summed E-state index contributed by atoms with van der Waals surface area (Å²) in [5.74, 6) is -0.0902. The summed E-state index contributed by atoms with van der Waals surface area (Å²) in [4.78, 5) is 3.84. The lowest BCUT2D eigenvalue weighted by atomic mass is 9.80. The van der Waals surface area contributed by atoms with E-state index >= 15 is 0 Å². The van der Waals surface area contributed by atoms with Gasteiger partial charge in [0.05, 0.1) is 11.2 Å². The minimum atomic E-state index is -4.38. The van der Waals surface area contributed by atoms with Gasteiger partial charge in [-0.1, -0.05) is 6.07 Å². The Morgan fingerprint density at radius 3 is 2.14 bits per heavy atom. The second kappa shape index (κ2) is 5.17. The second-order valence-electron chi connectivity index (χ2n) is 5.92. The highest BCUT2D eigenvalue weighted by molar-refractivity contribution is 6.62. The van der Waals surface area contributed by atoms with E-state index in [1.807, 2.05) is 27.7 Å². The average Bonchev–Trinajstić information content (AvgIpc) is 2.56. The lowest BCUT2D eigenvalue weighted by Crippen LogP contribution is -2.41. The first-order valence-corrected chi connectivity index (χ1v) is 6.51. The highest BCUT2D eigenvalue weighted by Crippen LogP contribution is 2.36. The molecule has 0 N–H and O–H groups in total. The third-order valence-electron chi connectivity index (χ3n) is 3.67. The van der Waals surface area contributed by atoms with Crippen LogP contribution in [0.25, 0.3) is 0 Å². The van der Waals surface area contributed by atoms with Crippen molar-refractivity contribution < 1.29 is 27.2 Å². The van der Waals surface area contributed by atoms with Crippen LogP contribution < -0.4 is 10.2 Å². The molecule has 0 bridgehead atoms. The normalized spacial score (nSPS) is 20.6. The molecule has 0 spiro atoms. The fourth-order valence-electron chi connectivity index (χ4n) is 1.75. The van der Waals surface area contributed by atoms with E-state index in [4.69, 9.17) is 9.31 Å². The van der Waals surface area contributed by atoms with Gasteiger partial charge in [0.1, 0.15) is 0 Å². The van der Waals surface area contributed by atoms with Crippen LogP contribution in [0.2, 0.25) is 0 Å². The van der Waals surface area contributed by atoms with Crippen molar-refractivity contribution in [1.29, 1.82) is 0 Å². The van der Waals surface area contributed by atoms with Gasteiger partial charge in [-0.05, 0) is 33.8 Å². The molecular weight excluding hydrogens is 286 g/mol. The Balaban J connectivity index is 2.04. The van der Waals surface area contributed by atoms with E-state index in [0.717, 1.165) is 0 Å².